The second-order valence-electron chi connectivity index (χ2n) is 9.50. The van der Waals surface area contributed by atoms with Gasteiger partial charge in [0, 0.05) is 24.5 Å². The Morgan fingerprint density at radius 1 is 1.06 bits per heavy atom. The fraction of sp³-hybridized carbons (Fsp3) is 0.333. The van der Waals surface area contributed by atoms with Crippen molar-refractivity contribution < 1.29 is 9.18 Å². The number of rotatable bonds is 5. The average Bonchev–Trinajstić information content (AvgIpc) is 3.12. The third kappa shape index (κ3) is 4.78. The number of benzene rings is 1. The van der Waals surface area contributed by atoms with E-state index in [1.807, 2.05) is 19.1 Å². The first-order valence-electron chi connectivity index (χ1n) is 12.1. The zero-order valence-electron chi connectivity index (χ0n) is 20.2. The molecule has 0 unspecified atom stereocenters. The van der Waals surface area contributed by atoms with Gasteiger partial charge in [0.25, 0.3) is 5.91 Å². The zero-order chi connectivity index (χ0) is 25.4. The van der Waals surface area contributed by atoms with Crippen LogP contribution in [0.15, 0.2) is 53.6 Å². The molecule has 9 heteroatoms. The zero-order valence-corrected chi connectivity index (χ0v) is 20.9. The normalized spacial score (nSPS) is 17.9. The van der Waals surface area contributed by atoms with Gasteiger partial charge in [-0.2, -0.15) is 0 Å². The van der Waals surface area contributed by atoms with Gasteiger partial charge in [0.2, 0.25) is 0 Å². The molecule has 0 saturated heterocycles. The van der Waals surface area contributed by atoms with E-state index in [9.17, 15) is 14.0 Å². The fourth-order valence-corrected chi connectivity index (χ4v) is 5.15. The number of hydrogen-bond acceptors (Lipinski definition) is 4. The predicted molar refractivity (Wildman–Crippen MR) is 137 cm³/mol. The fourth-order valence-electron chi connectivity index (χ4n) is 5.00. The molecule has 4 aromatic rings. The topological polar surface area (TPSA) is 81.8 Å². The predicted octanol–water partition coefficient (Wildman–Crippen LogP) is 4.98. The monoisotopic (exact) mass is 507 g/mol. The highest BCUT2D eigenvalue weighted by molar-refractivity contribution is 6.30. The first-order valence-corrected chi connectivity index (χ1v) is 12.4. The number of fused-ring (bicyclic) bond motifs is 1. The molecule has 0 atom stereocenters. The van der Waals surface area contributed by atoms with Gasteiger partial charge >= 0.3 is 5.69 Å². The number of carbonyl (C=O) groups excluding carboxylic acids is 1. The number of hydrogen-bond donors (Lipinski definition) is 1. The second-order valence-corrected chi connectivity index (χ2v) is 9.93. The number of nitrogens with zero attached hydrogens (tertiary/aromatic N) is 4. The van der Waals surface area contributed by atoms with E-state index >= 15 is 0 Å². The Kier molecular flexibility index (Phi) is 6.62. The molecule has 1 amide bonds. The molecule has 0 spiro atoms. The van der Waals surface area contributed by atoms with Gasteiger partial charge in [0.05, 0.1) is 39.2 Å². The Hall–Kier alpha value is -3.52. The summed E-state index contributed by atoms with van der Waals surface area (Å²) in [5.74, 6) is -0.316. The van der Waals surface area contributed by atoms with Gasteiger partial charge in [-0.3, -0.25) is 23.9 Å². The van der Waals surface area contributed by atoms with E-state index in [1.165, 1.54) is 18.3 Å². The van der Waals surface area contributed by atoms with Crippen LogP contribution >= 0.6 is 11.6 Å². The molecule has 1 fully saturated rings. The number of halogens is 2. The van der Waals surface area contributed by atoms with Crippen molar-refractivity contribution in [3.05, 3.63) is 87.1 Å². The Balaban J connectivity index is 1.33. The van der Waals surface area contributed by atoms with Crippen molar-refractivity contribution >= 4 is 28.5 Å². The maximum atomic E-state index is 14.2. The molecule has 0 radical (unpaired) electrons. The lowest BCUT2D eigenvalue weighted by Crippen LogP contribution is -2.39. The second kappa shape index (κ2) is 9.85. The molecule has 3 aromatic heterocycles. The number of aromatic nitrogens is 4. The lowest BCUT2D eigenvalue weighted by atomic mass is 9.85. The Morgan fingerprint density at radius 2 is 1.83 bits per heavy atom. The van der Waals surface area contributed by atoms with E-state index in [1.54, 1.807) is 34.4 Å². The summed E-state index contributed by atoms with van der Waals surface area (Å²) in [5.41, 5.74) is 3.64. The number of carbonyl (C=O) groups is 1. The van der Waals surface area contributed by atoms with Gasteiger partial charge in [-0.1, -0.05) is 11.6 Å². The summed E-state index contributed by atoms with van der Waals surface area (Å²) in [5, 5.41) is 3.53. The van der Waals surface area contributed by atoms with E-state index in [-0.39, 0.29) is 29.4 Å². The van der Waals surface area contributed by atoms with Crippen LogP contribution in [0.1, 0.15) is 47.4 Å². The SMILES string of the molecule is Cc1ccc(-n2c(=O)n(C[C@H]3CC[C@H](NC(=O)c4cc(Cl)cnc4C)CC3)c3cc(F)ccc32)cn1. The van der Waals surface area contributed by atoms with Crippen molar-refractivity contribution in [2.24, 2.45) is 5.92 Å². The average molecular weight is 508 g/mol. The van der Waals surface area contributed by atoms with Crippen LogP contribution in [0.2, 0.25) is 5.02 Å². The van der Waals surface area contributed by atoms with Crippen molar-refractivity contribution in [2.45, 2.75) is 52.1 Å². The summed E-state index contributed by atoms with van der Waals surface area (Å²) in [6.45, 7) is 4.16. The van der Waals surface area contributed by atoms with E-state index in [4.69, 9.17) is 11.6 Å². The van der Waals surface area contributed by atoms with Crippen LogP contribution in [-0.4, -0.2) is 31.1 Å². The van der Waals surface area contributed by atoms with Gasteiger partial charge < -0.3 is 5.32 Å². The highest BCUT2D eigenvalue weighted by atomic mass is 35.5. The summed E-state index contributed by atoms with van der Waals surface area (Å²) < 4.78 is 17.4. The maximum absolute atomic E-state index is 14.2. The standard InChI is InChI=1S/C27H27ClFN5O2/c1-16-3-9-22(14-30-16)34-24-10-6-20(29)12-25(24)33(27(34)36)15-18-4-7-21(8-5-18)32-26(35)23-11-19(28)13-31-17(23)2/h3,6,9-14,18,21H,4-5,7-8,15H2,1-2H3,(H,32,35)/t18-,21-. The molecule has 1 aliphatic rings. The summed E-state index contributed by atoms with van der Waals surface area (Å²) in [6.07, 6.45) is 6.48. The summed E-state index contributed by atoms with van der Waals surface area (Å²) in [7, 11) is 0. The van der Waals surface area contributed by atoms with Gasteiger partial charge in [-0.05, 0) is 81.8 Å². The maximum Gasteiger partial charge on any atom is 0.333 e. The molecule has 7 nitrogen and oxygen atoms in total. The van der Waals surface area contributed by atoms with Gasteiger partial charge in [0.1, 0.15) is 5.82 Å². The van der Waals surface area contributed by atoms with E-state index in [2.05, 4.69) is 15.3 Å². The van der Waals surface area contributed by atoms with Crippen molar-refractivity contribution in [3.63, 3.8) is 0 Å². The van der Waals surface area contributed by atoms with E-state index in [0.717, 1.165) is 31.4 Å². The van der Waals surface area contributed by atoms with Crippen LogP contribution in [0.5, 0.6) is 0 Å². The molecular formula is C27H27ClFN5O2. The number of nitrogens with one attached hydrogen (secondary N) is 1. The Labute approximate surface area is 213 Å². The first kappa shape index (κ1) is 24.2. The van der Waals surface area contributed by atoms with Crippen LogP contribution in [-0.2, 0) is 6.54 Å². The molecule has 3 heterocycles. The molecule has 1 N–H and O–H groups in total. The number of aryl methyl sites for hydroxylation is 2. The van der Waals surface area contributed by atoms with Crippen LogP contribution < -0.4 is 11.0 Å². The quantitative estimate of drug-likeness (QED) is 0.413. The minimum absolute atomic E-state index is 0.0428. The lowest BCUT2D eigenvalue weighted by Gasteiger charge is -2.29. The third-order valence-electron chi connectivity index (χ3n) is 6.97. The molecule has 36 heavy (non-hydrogen) atoms. The molecule has 1 aromatic carbocycles. The minimum atomic E-state index is -0.382. The van der Waals surface area contributed by atoms with Gasteiger partial charge in [-0.15, -0.1) is 0 Å². The Morgan fingerprint density at radius 3 is 2.56 bits per heavy atom. The molecule has 5 rings (SSSR count). The highest BCUT2D eigenvalue weighted by Crippen LogP contribution is 2.28. The molecule has 1 aliphatic carbocycles. The first-order chi connectivity index (χ1) is 17.3. The van der Waals surface area contributed by atoms with Crippen LogP contribution in [0, 0.1) is 25.6 Å². The van der Waals surface area contributed by atoms with E-state index < -0.39 is 0 Å². The summed E-state index contributed by atoms with van der Waals surface area (Å²) >= 11 is 6.01. The van der Waals surface area contributed by atoms with Crippen molar-refractivity contribution in [1.29, 1.82) is 0 Å². The molecule has 0 aliphatic heterocycles. The van der Waals surface area contributed by atoms with Gasteiger partial charge in [-0.25, -0.2) is 9.18 Å². The summed E-state index contributed by atoms with van der Waals surface area (Å²) in [6, 6.07) is 9.81. The number of amides is 1. The van der Waals surface area contributed by atoms with Crippen LogP contribution in [0.25, 0.3) is 16.7 Å². The van der Waals surface area contributed by atoms with E-state index in [0.29, 0.717) is 39.5 Å². The van der Waals surface area contributed by atoms with Crippen molar-refractivity contribution in [1.82, 2.24) is 24.4 Å². The highest BCUT2D eigenvalue weighted by Gasteiger charge is 2.26. The molecule has 186 valence electrons. The largest absolute Gasteiger partial charge is 0.349 e. The lowest BCUT2D eigenvalue weighted by molar-refractivity contribution is 0.0919. The number of pyridine rings is 2. The molecular weight excluding hydrogens is 481 g/mol. The minimum Gasteiger partial charge on any atom is -0.349 e. The summed E-state index contributed by atoms with van der Waals surface area (Å²) in [4.78, 5) is 34.7. The molecule has 1 saturated carbocycles. The third-order valence-corrected chi connectivity index (χ3v) is 7.17. The Bertz CT molecular complexity index is 1490. The van der Waals surface area contributed by atoms with Crippen LogP contribution in [0.3, 0.4) is 0 Å². The number of imidazole rings is 1. The van der Waals surface area contributed by atoms with Crippen molar-refractivity contribution in [2.75, 3.05) is 0 Å². The van der Waals surface area contributed by atoms with Crippen molar-refractivity contribution in [3.8, 4) is 5.69 Å². The van der Waals surface area contributed by atoms with Gasteiger partial charge in [0.15, 0.2) is 0 Å². The van der Waals surface area contributed by atoms with Crippen LogP contribution in [0.4, 0.5) is 4.39 Å². The molecule has 0 bridgehead atoms. The smallest absolute Gasteiger partial charge is 0.333 e.